The fraction of sp³-hybridized carbons (Fsp3) is 0.0526. The molecular formula is C19H12F4N2O3S. The van der Waals surface area contributed by atoms with Gasteiger partial charge in [0, 0.05) is 16.6 Å². The SMILES string of the molecule is O=C(CSc1cccc(NC(=O)c2ccco2)c1)Nc1c(F)c(F)cc(F)c1F. The van der Waals surface area contributed by atoms with E-state index in [4.69, 9.17) is 4.42 Å². The maximum absolute atomic E-state index is 13.6. The Morgan fingerprint density at radius 1 is 0.931 bits per heavy atom. The standard InChI is InChI=1S/C19H12F4N2O3S/c20-12-8-13(21)17(23)18(16(12)22)25-15(26)9-29-11-4-1-3-10(7-11)24-19(27)14-5-2-6-28-14/h1-8H,9H2,(H,24,27)(H,25,26). The first-order chi connectivity index (χ1) is 13.8. The van der Waals surface area contributed by atoms with Crippen LogP contribution in [0.4, 0.5) is 28.9 Å². The molecule has 2 aromatic carbocycles. The molecule has 2 amide bonds. The summed E-state index contributed by atoms with van der Waals surface area (Å²) in [5, 5.41) is 4.43. The Balaban J connectivity index is 1.62. The number of anilines is 2. The summed E-state index contributed by atoms with van der Waals surface area (Å²) in [7, 11) is 0. The van der Waals surface area contributed by atoms with E-state index in [1.54, 1.807) is 30.3 Å². The van der Waals surface area contributed by atoms with Crippen molar-refractivity contribution >= 4 is 35.0 Å². The van der Waals surface area contributed by atoms with Gasteiger partial charge in [-0.1, -0.05) is 6.07 Å². The third kappa shape index (κ3) is 4.96. The highest BCUT2D eigenvalue weighted by Gasteiger charge is 2.21. The fourth-order valence-corrected chi connectivity index (χ4v) is 3.03. The Hall–Kier alpha value is -3.27. The molecule has 0 aliphatic rings. The number of hydrogen-bond acceptors (Lipinski definition) is 4. The molecule has 1 aromatic heterocycles. The van der Waals surface area contributed by atoms with E-state index in [9.17, 15) is 27.2 Å². The Kier molecular flexibility index (Phi) is 6.23. The maximum Gasteiger partial charge on any atom is 0.291 e. The number of hydrogen-bond donors (Lipinski definition) is 2. The third-order valence-electron chi connectivity index (χ3n) is 3.58. The summed E-state index contributed by atoms with van der Waals surface area (Å²) >= 11 is 0.987. The second-order valence-electron chi connectivity index (χ2n) is 5.64. The molecule has 0 bridgehead atoms. The molecular weight excluding hydrogens is 412 g/mol. The minimum atomic E-state index is -1.69. The summed E-state index contributed by atoms with van der Waals surface area (Å²) in [5.74, 6) is -8.13. The van der Waals surface area contributed by atoms with Crippen LogP contribution in [0.2, 0.25) is 0 Å². The first-order valence-electron chi connectivity index (χ1n) is 8.05. The summed E-state index contributed by atoms with van der Waals surface area (Å²) in [6.45, 7) is 0. The van der Waals surface area contributed by atoms with Crippen LogP contribution >= 0.6 is 11.8 Å². The van der Waals surface area contributed by atoms with E-state index < -0.39 is 40.8 Å². The predicted octanol–water partition coefficient (Wildman–Crippen LogP) is 4.82. The maximum atomic E-state index is 13.6. The van der Waals surface area contributed by atoms with E-state index >= 15 is 0 Å². The molecule has 0 aliphatic carbocycles. The highest BCUT2D eigenvalue weighted by molar-refractivity contribution is 8.00. The fourth-order valence-electron chi connectivity index (χ4n) is 2.27. The van der Waals surface area contributed by atoms with Crippen molar-refractivity contribution in [2.24, 2.45) is 0 Å². The molecule has 0 spiro atoms. The normalized spacial score (nSPS) is 10.6. The third-order valence-corrected chi connectivity index (χ3v) is 4.58. The topological polar surface area (TPSA) is 71.3 Å². The highest BCUT2D eigenvalue weighted by atomic mass is 32.2. The van der Waals surface area contributed by atoms with Crippen LogP contribution in [0.5, 0.6) is 0 Å². The van der Waals surface area contributed by atoms with Crippen LogP contribution in [0.3, 0.4) is 0 Å². The number of benzene rings is 2. The van der Waals surface area contributed by atoms with Crippen LogP contribution < -0.4 is 10.6 Å². The largest absolute Gasteiger partial charge is 0.459 e. The van der Waals surface area contributed by atoms with E-state index in [1.807, 2.05) is 5.32 Å². The smallest absolute Gasteiger partial charge is 0.291 e. The van der Waals surface area contributed by atoms with Gasteiger partial charge in [0.25, 0.3) is 5.91 Å². The molecule has 0 saturated heterocycles. The van der Waals surface area contributed by atoms with Crippen molar-refractivity contribution in [1.82, 2.24) is 0 Å². The molecule has 0 unspecified atom stereocenters. The molecule has 0 radical (unpaired) electrons. The summed E-state index contributed by atoms with van der Waals surface area (Å²) in [6.07, 6.45) is 1.36. The summed E-state index contributed by atoms with van der Waals surface area (Å²) in [4.78, 5) is 24.5. The molecule has 150 valence electrons. The zero-order valence-corrected chi connectivity index (χ0v) is 15.3. The van der Waals surface area contributed by atoms with Crippen LogP contribution in [0.25, 0.3) is 0 Å². The molecule has 29 heavy (non-hydrogen) atoms. The molecule has 10 heteroatoms. The number of amides is 2. The van der Waals surface area contributed by atoms with Crippen molar-refractivity contribution in [3.63, 3.8) is 0 Å². The zero-order chi connectivity index (χ0) is 21.0. The van der Waals surface area contributed by atoms with Crippen molar-refractivity contribution < 1.29 is 31.6 Å². The molecule has 2 N–H and O–H groups in total. The summed E-state index contributed by atoms with van der Waals surface area (Å²) in [5.41, 5.74) is -0.756. The van der Waals surface area contributed by atoms with Gasteiger partial charge >= 0.3 is 0 Å². The molecule has 1 heterocycles. The minimum absolute atomic E-state index is 0.0532. The van der Waals surface area contributed by atoms with Gasteiger partial charge in [-0.25, -0.2) is 17.6 Å². The molecule has 3 aromatic rings. The second-order valence-corrected chi connectivity index (χ2v) is 6.69. The first-order valence-corrected chi connectivity index (χ1v) is 9.04. The molecule has 5 nitrogen and oxygen atoms in total. The first kappa shape index (κ1) is 20.5. The zero-order valence-electron chi connectivity index (χ0n) is 14.5. The van der Waals surface area contributed by atoms with Gasteiger partial charge in [-0.15, -0.1) is 11.8 Å². The molecule has 0 atom stereocenters. The van der Waals surface area contributed by atoms with E-state index in [1.165, 1.54) is 12.3 Å². The number of halogens is 4. The van der Waals surface area contributed by atoms with Crippen molar-refractivity contribution in [3.8, 4) is 0 Å². The molecule has 0 fully saturated rings. The van der Waals surface area contributed by atoms with Gasteiger partial charge in [-0.05, 0) is 30.3 Å². The minimum Gasteiger partial charge on any atom is -0.459 e. The van der Waals surface area contributed by atoms with Gasteiger partial charge in [0.1, 0.15) is 5.69 Å². The van der Waals surface area contributed by atoms with Crippen LogP contribution in [0.15, 0.2) is 58.0 Å². The average molecular weight is 424 g/mol. The number of furan rings is 1. The van der Waals surface area contributed by atoms with Crippen molar-refractivity contribution in [2.45, 2.75) is 4.90 Å². The van der Waals surface area contributed by atoms with E-state index in [2.05, 4.69) is 5.32 Å². The van der Waals surface area contributed by atoms with Gasteiger partial charge in [0.15, 0.2) is 29.0 Å². The summed E-state index contributed by atoms with van der Waals surface area (Å²) < 4.78 is 58.6. The average Bonchev–Trinajstić information content (AvgIpc) is 3.23. The van der Waals surface area contributed by atoms with Crippen LogP contribution in [0.1, 0.15) is 10.6 Å². The lowest BCUT2D eigenvalue weighted by Gasteiger charge is -2.09. The van der Waals surface area contributed by atoms with Gasteiger partial charge in [0.2, 0.25) is 5.91 Å². The Morgan fingerprint density at radius 3 is 2.31 bits per heavy atom. The Labute approximate surface area is 166 Å². The Bertz CT molecular complexity index is 1030. The lowest BCUT2D eigenvalue weighted by Crippen LogP contribution is -2.17. The van der Waals surface area contributed by atoms with Crippen molar-refractivity contribution in [3.05, 3.63) is 77.8 Å². The molecule has 3 rings (SSSR count). The van der Waals surface area contributed by atoms with Crippen LogP contribution in [-0.4, -0.2) is 17.6 Å². The number of carbonyl (C=O) groups is 2. The summed E-state index contributed by atoms with van der Waals surface area (Å²) in [6, 6.07) is 9.56. The van der Waals surface area contributed by atoms with Crippen molar-refractivity contribution in [1.29, 1.82) is 0 Å². The second kappa shape index (κ2) is 8.82. The number of rotatable bonds is 6. The quantitative estimate of drug-likeness (QED) is 0.338. The lowest BCUT2D eigenvalue weighted by molar-refractivity contribution is -0.113. The van der Waals surface area contributed by atoms with Gasteiger partial charge in [-0.2, -0.15) is 0 Å². The monoisotopic (exact) mass is 424 g/mol. The number of carbonyl (C=O) groups excluding carboxylic acids is 2. The van der Waals surface area contributed by atoms with E-state index in [0.29, 0.717) is 10.6 Å². The number of thioether (sulfide) groups is 1. The van der Waals surface area contributed by atoms with Crippen LogP contribution in [-0.2, 0) is 4.79 Å². The van der Waals surface area contributed by atoms with Gasteiger partial charge in [0.05, 0.1) is 12.0 Å². The highest BCUT2D eigenvalue weighted by Crippen LogP contribution is 2.26. The molecule has 0 aliphatic heterocycles. The van der Waals surface area contributed by atoms with E-state index in [0.717, 1.165) is 11.8 Å². The Morgan fingerprint density at radius 2 is 1.66 bits per heavy atom. The lowest BCUT2D eigenvalue weighted by atomic mass is 10.2. The van der Waals surface area contributed by atoms with Gasteiger partial charge < -0.3 is 15.1 Å². The number of nitrogens with one attached hydrogen (secondary N) is 2. The van der Waals surface area contributed by atoms with E-state index in [-0.39, 0.29) is 17.6 Å². The van der Waals surface area contributed by atoms with Crippen molar-refractivity contribution in [2.75, 3.05) is 16.4 Å². The van der Waals surface area contributed by atoms with Crippen LogP contribution in [0, 0.1) is 23.3 Å². The predicted molar refractivity (Wildman–Crippen MR) is 98.7 cm³/mol. The molecule has 0 saturated carbocycles. The van der Waals surface area contributed by atoms with Gasteiger partial charge in [-0.3, -0.25) is 9.59 Å².